The van der Waals surface area contributed by atoms with Gasteiger partial charge in [0.1, 0.15) is 12.2 Å². The predicted octanol–water partition coefficient (Wildman–Crippen LogP) is 5.32. The molecule has 0 radical (unpaired) electrons. The van der Waals surface area contributed by atoms with Gasteiger partial charge in [-0.2, -0.15) is 0 Å². The van der Waals surface area contributed by atoms with E-state index in [2.05, 4.69) is 42.6 Å². The van der Waals surface area contributed by atoms with Crippen LogP contribution in [0.25, 0.3) is 10.4 Å². The Labute approximate surface area is 218 Å². The summed E-state index contributed by atoms with van der Waals surface area (Å²) >= 11 is 1.73. The number of nitrogens with zero attached hydrogens (tertiary/aromatic N) is 3. The third-order valence-electron chi connectivity index (χ3n) is 6.36. The van der Waals surface area contributed by atoms with Gasteiger partial charge in [-0.15, -0.1) is 11.3 Å². The average molecular weight is 505 g/mol. The molecule has 3 aromatic rings. The van der Waals surface area contributed by atoms with Crippen molar-refractivity contribution in [1.29, 1.82) is 0 Å². The molecular weight excluding hydrogens is 468 g/mol. The average Bonchev–Trinajstić information content (AvgIpc) is 3.33. The first-order valence-corrected chi connectivity index (χ1v) is 13.4. The Morgan fingerprint density at radius 2 is 2.00 bits per heavy atom. The van der Waals surface area contributed by atoms with E-state index in [1.54, 1.807) is 24.5 Å². The first kappa shape index (κ1) is 26.2. The highest BCUT2D eigenvalue weighted by molar-refractivity contribution is 7.15. The van der Waals surface area contributed by atoms with Crippen LogP contribution < -0.4 is 10.5 Å². The second-order valence-electron chi connectivity index (χ2n) is 10.4. The molecule has 0 spiro atoms. The molecule has 190 valence electrons. The molecule has 6 nitrogen and oxygen atoms in total. The standard InChI is InChI=1S/C29H36N4O2S/c1-20(2)16-29(3,34)11-8-21-6-5-7-22(14-21)19-35-25-15-24(17-31-27(25)30)26-18-32-28(36-26)23-9-12-33(4)13-10-23/h5-7,14-15,17-18,20,23,34H,9-10,12-13,16,19H2,1-4H3,(H2,30,31). The van der Waals surface area contributed by atoms with E-state index in [1.807, 2.05) is 36.5 Å². The van der Waals surface area contributed by atoms with Crippen LogP contribution in [0.5, 0.6) is 5.75 Å². The van der Waals surface area contributed by atoms with Gasteiger partial charge in [-0.3, -0.25) is 0 Å². The minimum Gasteiger partial charge on any atom is -0.485 e. The largest absolute Gasteiger partial charge is 0.485 e. The summed E-state index contributed by atoms with van der Waals surface area (Å²) in [7, 11) is 2.17. The Kier molecular flexibility index (Phi) is 8.30. The van der Waals surface area contributed by atoms with Gasteiger partial charge in [-0.25, -0.2) is 9.97 Å². The lowest BCUT2D eigenvalue weighted by molar-refractivity contribution is 0.0976. The molecule has 36 heavy (non-hydrogen) atoms. The number of anilines is 1. The number of benzene rings is 1. The van der Waals surface area contributed by atoms with Crippen molar-refractivity contribution in [3.63, 3.8) is 0 Å². The molecule has 1 atom stereocenters. The molecule has 7 heteroatoms. The number of nitrogens with two attached hydrogens (primary N) is 1. The highest BCUT2D eigenvalue weighted by Gasteiger charge is 2.22. The maximum absolute atomic E-state index is 10.5. The molecule has 0 saturated carbocycles. The smallest absolute Gasteiger partial charge is 0.166 e. The number of rotatable bonds is 7. The quantitative estimate of drug-likeness (QED) is 0.424. The van der Waals surface area contributed by atoms with Gasteiger partial charge in [0.2, 0.25) is 0 Å². The van der Waals surface area contributed by atoms with Gasteiger partial charge >= 0.3 is 0 Å². The number of aliphatic hydroxyl groups is 1. The summed E-state index contributed by atoms with van der Waals surface area (Å²) in [6.45, 7) is 8.49. The third kappa shape index (κ3) is 7.07. The zero-order valence-electron chi connectivity index (χ0n) is 21.6. The number of ether oxygens (including phenoxy) is 1. The Morgan fingerprint density at radius 1 is 1.22 bits per heavy atom. The maximum Gasteiger partial charge on any atom is 0.166 e. The van der Waals surface area contributed by atoms with Crippen LogP contribution in [0.15, 0.2) is 42.7 Å². The van der Waals surface area contributed by atoms with Crippen molar-refractivity contribution >= 4 is 17.2 Å². The highest BCUT2D eigenvalue weighted by Crippen LogP contribution is 2.36. The van der Waals surface area contributed by atoms with Crippen LogP contribution in [0.2, 0.25) is 0 Å². The van der Waals surface area contributed by atoms with Crippen LogP contribution >= 0.6 is 11.3 Å². The molecule has 0 bridgehead atoms. The van der Waals surface area contributed by atoms with Crippen molar-refractivity contribution in [3.8, 4) is 28.0 Å². The van der Waals surface area contributed by atoms with Crippen molar-refractivity contribution in [2.45, 2.75) is 58.2 Å². The topological polar surface area (TPSA) is 84.5 Å². The van der Waals surface area contributed by atoms with E-state index in [-0.39, 0.29) is 0 Å². The van der Waals surface area contributed by atoms with Crippen molar-refractivity contribution in [2.75, 3.05) is 25.9 Å². The van der Waals surface area contributed by atoms with Crippen LogP contribution in [0.4, 0.5) is 5.82 Å². The van der Waals surface area contributed by atoms with Gasteiger partial charge in [0.05, 0.1) is 9.88 Å². The molecule has 1 unspecified atom stereocenters. The third-order valence-corrected chi connectivity index (χ3v) is 7.57. The summed E-state index contributed by atoms with van der Waals surface area (Å²) in [5, 5.41) is 11.7. The molecule has 1 aliphatic rings. The Balaban J connectivity index is 1.43. The number of aromatic nitrogens is 2. The Bertz CT molecular complexity index is 1230. The molecule has 4 rings (SSSR count). The second kappa shape index (κ2) is 11.4. The molecule has 1 aliphatic heterocycles. The van der Waals surface area contributed by atoms with E-state index < -0.39 is 5.60 Å². The van der Waals surface area contributed by atoms with E-state index in [9.17, 15) is 5.11 Å². The molecule has 1 saturated heterocycles. The zero-order valence-corrected chi connectivity index (χ0v) is 22.4. The van der Waals surface area contributed by atoms with Crippen molar-refractivity contribution in [3.05, 3.63) is 58.9 Å². The Hall–Kier alpha value is -2.92. The first-order valence-electron chi connectivity index (χ1n) is 12.6. The molecule has 1 fully saturated rings. The second-order valence-corrected chi connectivity index (χ2v) is 11.4. The predicted molar refractivity (Wildman–Crippen MR) is 147 cm³/mol. The van der Waals surface area contributed by atoms with E-state index in [1.165, 1.54) is 5.01 Å². The lowest BCUT2D eigenvalue weighted by atomic mass is 9.94. The molecule has 3 heterocycles. The number of hydrogen-bond donors (Lipinski definition) is 2. The number of pyridine rings is 1. The van der Waals surface area contributed by atoms with Crippen molar-refractivity contribution in [1.82, 2.24) is 14.9 Å². The SMILES string of the molecule is CC(C)CC(C)(O)C#Cc1cccc(COc2cc(-c3cnc(C4CCN(C)CC4)s3)cnc2N)c1. The number of nitrogen functional groups attached to an aromatic ring is 1. The van der Waals surface area contributed by atoms with Gasteiger partial charge in [0.25, 0.3) is 0 Å². The zero-order chi connectivity index (χ0) is 25.7. The first-order chi connectivity index (χ1) is 17.2. The van der Waals surface area contributed by atoms with Crippen LogP contribution in [-0.4, -0.2) is 45.7 Å². The fourth-order valence-electron chi connectivity index (χ4n) is 4.52. The molecule has 0 amide bonds. The van der Waals surface area contributed by atoms with Crippen LogP contribution in [0.1, 0.15) is 62.1 Å². The van der Waals surface area contributed by atoms with Crippen LogP contribution in [0, 0.1) is 17.8 Å². The monoisotopic (exact) mass is 504 g/mol. The van der Waals surface area contributed by atoms with Gasteiger partial charge < -0.3 is 20.5 Å². The minimum atomic E-state index is -1.01. The van der Waals surface area contributed by atoms with Gasteiger partial charge in [-0.1, -0.05) is 37.8 Å². The molecule has 1 aromatic carbocycles. The van der Waals surface area contributed by atoms with Crippen LogP contribution in [0.3, 0.4) is 0 Å². The Morgan fingerprint density at radius 3 is 2.75 bits per heavy atom. The normalized spacial score (nSPS) is 16.4. The van der Waals surface area contributed by atoms with Crippen molar-refractivity contribution < 1.29 is 9.84 Å². The summed E-state index contributed by atoms with van der Waals surface area (Å²) in [4.78, 5) is 12.5. The number of hydrogen-bond acceptors (Lipinski definition) is 7. The molecule has 0 aliphatic carbocycles. The van der Waals surface area contributed by atoms with Gasteiger partial charge in [-0.05, 0) is 76.0 Å². The van der Waals surface area contributed by atoms with E-state index in [0.29, 0.717) is 36.4 Å². The summed E-state index contributed by atoms with van der Waals surface area (Å²) < 4.78 is 6.07. The van der Waals surface area contributed by atoms with E-state index in [4.69, 9.17) is 15.5 Å². The number of piperidine rings is 1. The fraction of sp³-hybridized carbons (Fsp3) is 0.448. The maximum atomic E-state index is 10.5. The highest BCUT2D eigenvalue weighted by atomic mass is 32.1. The minimum absolute atomic E-state index is 0.344. The summed E-state index contributed by atoms with van der Waals surface area (Å²) in [6, 6.07) is 9.79. The van der Waals surface area contributed by atoms with E-state index >= 15 is 0 Å². The molecular formula is C29H36N4O2S. The van der Waals surface area contributed by atoms with Crippen LogP contribution in [-0.2, 0) is 6.61 Å². The lowest BCUT2D eigenvalue weighted by Gasteiger charge is -2.27. The number of likely N-dealkylation sites (tertiary alicyclic amines) is 1. The molecule has 2 aromatic heterocycles. The summed E-state index contributed by atoms with van der Waals surface area (Å²) in [5.74, 6) is 7.91. The van der Waals surface area contributed by atoms with Crippen molar-refractivity contribution in [2.24, 2.45) is 5.92 Å². The van der Waals surface area contributed by atoms with Gasteiger partial charge in [0.15, 0.2) is 11.6 Å². The fourth-order valence-corrected chi connectivity index (χ4v) is 5.59. The van der Waals surface area contributed by atoms with Gasteiger partial charge in [0, 0.05) is 29.4 Å². The van der Waals surface area contributed by atoms with E-state index in [0.717, 1.165) is 47.5 Å². The molecule has 3 N–H and O–H groups in total. The summed E-state index contributed by atoms with van der Waals surface area (Å²) in [6.07, 6.45) is 6.65. The lowest BCUT2D eigenvalue weighted by Crippen LogP contribution is -2.29. The summed E-state index contributed by atoms with van der Waals surface area (Å²) in [5.41, 5.74) is 7.89. The number of thiazole rings is 1.